The van der Waals surface area contributed by atoms with Crippen molar-refractivity contribution in [3.05, 3.63) is 23.6 Å². The highest BCUT2D eigenvalue weighted by Crippen LogP contribution is 2.27. The van der Waals surface area contributed by atoms with Gasteiger partial charge in [-0.05, 0) is 39.8 Å². The van der Waals surface area contributed by atoms with Gasteiger partial charge in [0.15, 0.2) is 0 Å². The molecule has 0 aromatic rings. The molecule has 1 saturated heterocycles. The van der Waals surface area contributed by atoms with Gasteiger partial charge in [-0.15, -0.1) is 0 Å². The van der Waals surface area contributed by atoms with Crippen molar-refractivity contribution in [2.45, 2.75) is 44.3 Å². The minimum Gasteiger partial charge on any atom is -0.490 e. The Balaban J connectivity index is 2.15. The van der Waals surface area contributed by atoms with Crippen LogP contribution in [0.1, 0.15) is 27.2 Å². The number of hydrogen-bond acceptors (Lipinski definition) is 5. The van der Waals surface area contributed by atoms with Crippen LogP contribution < -0.4 is 5.32 Å². The number of carbonyl (C=O) groups is 2. The molecule has 23 heavy (non-hydrogen) atoms. The fourth-order valence-electron chi connectivity index (χ4n) is 2.00. The minimum absolute atomic E-state index is 0.142. The molecule has 0 radical (unpaired) electrons. The molecule has 7 nitrogen and oxygen atoms in total. The molecule has 1 fully saturated rings. The Labute approximate surface area is 139 Å². The maximum absolute atomic E-state index is 12.2. The highest BCUT2D eigenvalue weighted by atomic mass is 35.5. The van der Waals surface area contributed by atoms with Gasteiger partial charge in [0.1, 0.15) is 23.5 Å². The zero-order chi connectivity index (χ0) is 17.2. The second-order valence-electron chi connectivity index (χ2n) is 6.41. The van der Waals surface area contributed by atoms with Crippen molar-refractivity contribution in [1.29, 1.82) is 0 Å². The first-order valence-corrected chi connectivity index (χ1v) is 7.79. The van der Waals surface area contributed by atoms with Crippen LogP contribution in [0, 0.1) is 0 Å². The standard InChI is InChI=1S/C15H21ClN2O5/c1-15(2,3)23-14(21)18-7-10(22-8-9-4-5-17-9)6-11(12(18)16)13(19)20/h6-7,9,12,17H,4-5,8H2,1-3H3,(H,19,20)/t9?,12-/m1/s1. The second-order valence-corrected chi connectivity index (χ2v) is 6.82. The Morgan fingerprint density at radius 3 is 2.61 bits per heavy atom. The van der Waals surface area contributed by atoms with Gasteiger partial charge in [-0.1, -0.05) is 11.6 Å². The van der Waals surface area contributed by atoms with Crippen molar-refractivity contribution < 1.29 is 24.2 Å². The first-order chi connectivity index (χ1) is 10.7. The number of carbonyl (C=O) groups excluding carboxylic acids is 1. The van der Waals surface area contributed by atoms with E-state index >= 15 is 0 Å². The molecule has 1 unspecified atom stereocenters. The molecule has 2 heterocycles. The molecular weight excluding hydrogens is 324 g/mol. The minimum atomic E-state index is -1.21. The summed E-state index contributed by atoms with van der Waals surface area (Å²) in [5.41, 5.74) is -2.02. The summed E-state index contributed by atoms with van der Waals surface area (Å²) in [6, 6.07) is 0.237. The van der Waals surface area contributed by atoms with E-state index in [0.29, 0.717) is 6.61 Å². The Bertz CT molecular complexity index is 549. The van der Waals surface area contributed by atoms with E-state index in [1.807, 2.05) is 0 Å². The van der Waals surface area contributed by atoms with Crippen LogP contribution in [0.4, 0.5) is 4.79 Å². The average molecular weight is 345 g/mol. The van der Waals surface area contributed by atoms with Crippen LogP contribution in [-0.4, -0.2) is 52.4 Å². The number of carboxylic acid groups (broad SMARTS) is 1. The number of amides is 1. The van der Waals surface area contributed by atoms with Crippen LogP contribution in [0.2, 0.25) is 0 Å². The Hall–Kier alpha value is -1.73. The SMILES string of the molecule is CC(C)(C)OC(=O)N1C=C(OCC2CCN2)C=C(C(=O)O)[C@@H]1Cl. The predicted molar refractivity (Wildman–Crippen MR) is 83.9 cm³/mol. The largest absolute Gasteiger partial charge is 0.490 e. The molecule has 2 aliphatic rings. The summed E-state index contributed by atoms with van der Waals surface area (Å²) in [5.74, 6) is -0.951. The molecule has 8 heteroatoms. The number of nitrogens with one attached hydrogen (secondary N) is 1. The number of allylic oxidation sites excluding steroid dienone is 1. The Morgan fingerprint density at radius 2 is 2.13 bits per heavy atom. The van der Waals surface area contributed by atoms with Gasteiger partial charge in [0.2, 0.25) is 0 Å². The fourth-order valence-corrected chi connectivity index (χ4v) is 2.29. The fraction of sp³-hybridized carbons (Fsp3) is 0.600. The molecule has 2 aliphatic heterocycles. The second kappa shape index (κ2) is 6.80. The molecule has 0 aromatic heterocycles. The first-order valence-electron chi connectivity index (χ1n) is 7.35. The van der Waals surface area contributed by atoms with E-state index in [-0.39, 0.29) is 17.4 Å². The first kappa shape index (κ1) is 17.6. The van der Waals surface area contributed by atoms with Crippen molar-refractivity contribution in [2.75, 3.05) is 13.2 Å². The summed E-state index contributed by atoms with van der Waals surface area (Å²) in [5, 5.41) is 12.4. The van der Waals surface area contributed by atoms with Gasteiger partial charge in [-0.2, -0.15) is 0 Å². The summed E-state index contributed by atoms with van der Waals surface area (Å²) in [6.45, 7) is 6.49. The number of rotatable bonds is 4. The number of aliphatic carboxylic acids is 1. The van der Waals surface area contributed by atoms with Crippen LogP contribution in [0.25, 0.3) is 0 Å². The normalized spacial score (nSPS) is 24.3. The maximum atomic E-state index is 12.2. The third-order valence-electron chi connectivity index (χ3n) is 3.29. The monoisotopic (exact) mass is 344 g/mol. The van der Waals surface area contributed by atoms with E-state index in [1.165, 1.54) is 12.3 Å². The van der Waals surface area contributed by atoms with Crippen LogP contribution in [0.15, 0.2) is 23.6 Å². The molecule has 1 amide bonds. The molecule has 0 bridgehead atoms. The molecule has 2 rings (SSSR count). The third-order valence-corrected chi connectivity index (χ3v) is 3.74. The average Bonchev–Trinajstić information content (AvgIpc) is 2.35. The van der Waals surface area contributed by atoms with Gasteiger partial charge in [0.25, 0.3) is 0 Å². The number of hydrogen-bond donors (Lipinski definition) is 2. The van der Waals surface area contributed by atoms with Crippen molar-refractivity contribution in [3.8, 4) is 0 Å². The zero-order valence-electron chi connectivity index (χ0n) is 13.3. The van der Waals surface area contributed by atoms with Gasteiger partial charge in [-0.3, -0.25) is 4.90 Å². The number of nitrogens with zero attached hydrogens (tertiary/aromatic N) is 1. The summed E-state index contributed by atoms with van der Waals surface area (Å²) in [4.78, 5) is 24.6. The van der Waals surface area contributed by atoms with E-state index in [9.17, 15) is 14.7 Å². The van der Waals surface area contributed by atoms with E-state index in [1.54, 1.807) is 20.8 Å². The van der Waals surface area contributed by atoms with E-state index < -0.39 is 23.2 Å². The Kier molecular flexibility index (Phi) is 5.21. The summed E-state index contributed by atoms with van der Waals surface area (Å²) >= 11 is 6.10. The topological polar surface area (TPSA) is 88.1 Å². The third kappa shape index (κ3) is 4.62. The van der Waals surface area contributed by atoms with Gasteiger partial charge in [0.05, 0.1) is 11.8 Å². The van der Waals surface area contributed by atoms with Crippen molar-refractivity contribution in [3.63, 3.8) is 0 Å². The van der Waals surface area contributed by atoms with E-state index in [0.717, 1.165) is 17.9 Å². The van der Waals surface area contributed by atoms with Gasteiger partial charge in [-0.25, -0.2) is 9.59 Å². The van der Waals surface area contributed by atoms with Crippen molar-refractivity contribution >= 4 is 23.7 Å². The Morgan fingerprint density at radius 1 is 1.48 bits per heavy atom. The van der Waals surface area contributed by atoms with Crippen molar-refractivity contribution in [1.82, 2.24) is 10.2 Å². The van der Waals surface area contributed by atoms with Crippen LogP contribution >= 0.6 is 11.6 Å². The van der Waals surface area contributed by atoms with Crippen LogP contribution in [0.5, 0.6) is 0 Å². The lowest BCUT2D eigenvalue weighted by atomic mass is 10.1. The summed E-state index contributed by atoms with van der Waals surface area (Å²) in [6.07, 6.45) is 2.97. The molecule has 2 N–H and O–H groups in total. The predicted octanol–water partition coefficient (Wildman–Crippen LogP) is 2.03. The maximum Gasteiger partial charge on any atom is 0.416 e. The zero-order valence-corrected chi connectivity index (χ0v) is 14.1. The molecule has 0 aromatic carbocycles. The van der Waals surface area contributed by atoms with Gasteiger partial charge in [0, 0.05) is 6.04 Å². The number of ether oxygens (including phenoxy) is 2. The van der Waals surface area contributed by atoms with Crippen LogP contribution in [0.3, 0.4) is 0 Å². The van der Waals surface area contributed by atoms with E-state index in [2.05, 4.69) is 5.32 Å². The quantitative estimate of drug-likeness (QED) is 0.599. The molecule has 0 saturated carbocycles. The molecule has 128 valence electrons. The van der Waals surface area contributed by atoms with Crippen LogP contribution in [-0.2, 0) is 14.3 Å². The highest BCUT2D eigenvalue weighted by molar-refractivity contribution is 6.26. The number of carboxylic acids is 1. The molecule has 0 aliphatic carbocycles. The van der Waals surface area contributed by atoms with Gasteiger partial charge >= 0.3 is 12.1 Å². The number of halogens is 1. The molecular formula is C15H21ClN2O5. The smallest absolute Gasteiger partial charge is 0.416 e. The highest BCUT2D eigenvalue weighted by Gasteiger charge is 2.34. The van der Waals surface area contributed by atoms with Gasteiger partial charge < -0.3 is 19.9 Å². The lowest BCUT2D eigenvalue weighted by Crippen LogP contribution is -2.46. The molecule has 2 atom stereocenters. The summed E-state index contributed by atoms with van der Waals surface area (Å²) < 4.78 is 10.8. The number of alkyl halides is 1. The lowest BCUT2D eigenvalue weighted by molar-refractivity contribution is -0.133. The summed E-state index contributed by atoms with van der Waals surface area (Å²) in [7, 11) is 0. The van der Waals surface area contributed by atoms with Crippen molar-refractivity contribution in [2.24, 2.45) is 0 Å². The van der Waals surface area contributed by atoms with E-state index in [4.69, 9.17) is 21.1 Å². The lowest BCUT2D eigenvalue weighted by Gasteiger charge is -2.32. The molecule has 0 spiro atoms.